The molecule has 94 valence electrons. The van der Waals surface area contributed by atoms with Gasteiger partial charge in [0.25, 0.3) is 0 Å². The zero-order valence-corrected chi connectivity index (χ0v) is 11.2. The molecule has 1 fully saturated rings. The number of hydrogen-bond acceptors (Lipinski definition) is 3. The molecule has 2 atom stereocenters. The van der Waals surface area contributed by atoms with Crippen molar-refractivity contribution in [1.29, 1.82) is 0 Å². The van der Waals surface area contributed by atoms with Gasteiger partial charge >= 0.3 is 5.97 Å². The maximum absolute atomic E-state index is 12.3. The molecule has 0 aliphatic carbocycles. The lowest BCUT2D eigenvalue weighted by Gasteiger charge is -2.32. The number of nitrogens with one attached hydrogen (secondary N) is 1. The minimum atomic E-state index is -0.302. The summed E-state index contributed by atoms with van der Waals surface area (Å²) in [7, 11) is 0. The van der Waals surface area contributed by atoms with Crippen LogP contribution in [0.2, 0.25) is 0 Å². The third kappa shape index (κ3) is 2.57. The first kappa shape index (κ1) is 13.5. The lowest BCUT2D eigenvalue weighted by atomic mass is 9.76. The molecule has 0 spiro atoms. The Morgan fingerprint density at radius 3 is 2.25 bits per heavy atom. The molecule has 1 aliphatic heterocycles. The minimum absolute atomic E-state index is 0.00345. The zero-order valence-electron chi connectivity index (χ0n) is 11.2. The molecule has 0 aromatic heterocycles. The average Bonchev–Trinajstić information content (AvgIpc) is 2.66. The molecule has 0 saturated carbocycles. The summed E-state index contributed by atoms with van der Waals surface area (Å²) < 4.78 is 5.58. The average molecular weight is 227 g/mol. The summed E-state index contributed by atoms with van der Waals surface area (Å²) >= 11 is 0. The lowest BCUT2D eigenvalue weighted by Crippen LogP contribution is -2.41. The number of carbonyl (C=O) groups is 1. The summed E-state index contributed by atoms with van der Waals surface area (Å²) in [4.78, 5) is 12.3. The summed E-state index contributed by atoms with van der Waals surface area (Å²) in [5.74, 6) is 0.686. The molecule has 0 aromatic rings. The second kappa shape index (κ2) is 5.17. The molecule has 16 heavy (non-hydrogen) atoms. The molecular weight excluding hydrogens is 202 g/mol. The highest BCUT2D eigenvalue weighted by Crippen LogP contribution is 2.36. The first-order chi connectivity index (χ1) is 7.40. The fourth-order valence-corrected chi connectivity index (χ4v) is 2.04. The van der Waals surface area contributed by atoms with E-state index in [1.807, 2.05) is 6.92 Å². The summed E-state index contributed by atoms with van der Waals surface area (Å²) in [6.45, 7) is 12.0. The van der Waals surface area contributed by atoms with E-state index in [0.29, 0.717) is 11.8 Å². The predicted molar refractivity (Wildman–Crippen MR) is 65.1 cm³/mol. The fraction of sp³-hybridized carbons (Fsp3) is 0.923. The molecule has 0 radical (unpaired) electrons. The monoisotopic (exact) mass is 227 g/mol. The van der Waals surface area contributed by atoms with Crippen molar-refractivity contribution in [2.24, 2.45) is 17.3 Å². The number of ether oxygens (including phenoxy) is 1. The van der Waals surface area contributed by atoms with Gasteiger partial charge in [-0.3, -0.25) is 4.79 Å². The second-order valence-corrected chi connectivity index (χ2v) is 5.59. The Kier molecular flexibility index (Phi) is 4.36. The van der Waals surface area contributed by atoms with Gasteiger partial charge in [0.05, 0.1) is 5.41 Å². The van der Waals surface area contributed by atoms with Gasteiger partial charge < -0.3 is 10.1 Å². The summed E-state index contributed by atoms with van der Waals surface area (Å²) in [5, 5.41) is 3.28. The predicted octanol–water partition coefficient (Wildman–Crippen LogP) is 2.21. The van der Waals surface area contributed by atoms with E-state index in [-0.39, 0.29) is 17.5 Å². The van der Waals surface area contributed by atoms with E-state index in [4.69, 9.17) is 4.74 Å². The maximum Gasteiger partial charge on any atom is 0.313 e. The molecule has 0 amide bonds. The molecular formula is C13H25NO2. The molecule has 0 bridgehead atoms. The number of hydrogen-bond donors (Lipinski definition) is 1. The third-order valence-electron chi connectivity index (χ3n) is 3.93. The highest BCUT2D eigenvalue weighted by molar-refractivity contribution is 5.78. The van der Waals surface area contributed by atoms with Crippen LogP contribution in [0.3, 0.4) is 0 Å². The fourth-order valence-electron chi connectivity index (χ4n) is 2.04. The van der Waals surface area contributed by atoms with Gasteiger partial charge in [-0.15, -0.1) is 0 Å². The van der Waals surface area contributed by atoms with E-state index in [0.717, 1.165) is 19.5 Å². The van der Waals surface area contributed by atoms with Crippen LogP contribution in [-0.2, 0) is 9.53 Å². The zero-order chi connectivity index (χ0) is 12.3. The van der Waals surface area contributed by atoms with Gasteiger partial charge in [-0.1, -0.05) is 27.7 Å². The van der Waals surface area contributed by atoms with E-state index in [2.05, 4.69) is 33.0 Å². The highest BCUT2D eigenvalue weighted by Gasteiger charge is 2.45. The van der Waals surface area contributed by atoms with Crippen molar-refractivity contribution in [2.75, 3.05) is 13.1 Å². The van der Waals surface area contributed by atoms with Crippen LogP contribution in [-0.4, -0.2) is 25.2 Å². The van der Waals surface area contributed by atoms with Gasteiger partial charge in [-0.05, 0) is 31.7 Å². The van der Waals surface area contributed by atoms with Crippen LogP contribution in [0.4, 0.5) is 0 Å². The van der Waals surface area contributed by atoms with Crippen LogP contribution in [0.25, 0.3) is 0 Å². The van der Waals surface area contributed by atoms with Crippen molar-refractivity contribution in [3.8, 4) is 0 Å². The van der Waals surface area contributed by atoms with E-state index in [1.165, 1.54) is 0 Å². The topological polar surface area (TPSA) is 38.3 Å². The van der Waals surface area contributed by atoms with E-state index in [9.17, 15) is 4.79 Å². The van der Waals surface area contributed by atoms with Crippen LogP contribution in [0.1, 0.15) is 41.0 Å². The minimum Gasteiger partial charge on any atom is -0.462 e. The van der Waals surface area contributed by atoms with Crippen molar-refractivity contribution in [3.05, 3.63) is 0 Å². The Morgan fingerprint density at radius 1 is 1.25 bits per heavy atom. The van der Waals surface area contributed by atoms with Crippen LogP contribution < -0.4 is 5.32 Å². The smallest absolute Gasteiger partial charge is 0.313 e. The van der Waals surface area contributed by atoms with Gasteiger partial charge in [-0.25, -0.2) is 0 Å². The summed E-state index contributed by atoms with van der Waals surface area (Å²) in [5.41, 5.74) is -0.302. The standard InChI is InChI=1S/C13H25NO2/c1-9(2)11(5)16-12(15)13(10(3)4)6-7-14-8-13/h9-11,14H,6-8H2,1-5H3. The Balaban J connectivity index is 2.69. The van der Waals surface area contributed by atoms with Gasteiger partial charge in [0.1, 0.15) is 6.10 Å². The number of carbonyl (C=O) groups excluding carboxylic acids is 1. The Bertz CT molecular complexity index is 242. The van der Waals surface area contributed by atoms with Crippen LogP contribution >= 0.6 is 0 Å². The molecule has 1 aliphatic rings. The number of rotatable bonds is 4. The van der Waals surface area contributed by atoms with Crippen molar-refractivity contribution in [2.45, 2.75) is 47.1 Å². The third-order valence-corrected chi connectivity index (χ3v) is 3.93. The molecule has 1 rings (SSSR count). The quantitative estimate of drug-likeness (QED) is 0.748. The van der Waals surface area contributed by atoms with Crippen molar-refractivity contribution in [1.82, 2.24) is 5.32 Å². The highest BCUT2D eigenvalue weighted by atomic mass is 16.5. The Hall–Kier alpha value is -0.570. The largest absolute Gasteiger partial charge is 0.462 e. The van der Waals surface area contributed by atoms with E-state index in [1.54, 1.807) is 0 Å². The van der Waals surface area contributed by atoms with E-state index < -0.39 is 0 Å². The van der Waals surface area contributed by atoms with Crippen molar-refractivity contribution >= 4 is 5.97 Å². The van der Waals surface area contributed by atoms with E-state index >= 15 is 0 Å². The second-order valence-electron chi connectivity index (χ2n) is 5.59. The van der Waals surface area contributed by atoms with Gasteiger partial charge in [0.2, 0.25) is 0 Å². The lowest BCUT2D eigenvalue weighted by molar-refractivity contribution is -0.164. The maximum atomic E-state index is 12.3. The molecule has 1 heterocycles. The molecule has 1 N–H and O–H groups in total. The van der Waals surface area contributed by atoms with Crippen LogP contribution in [0.5, 0.6) is 0 Å². The SMILES string of the molecule is CC(C)C(C)OC(=O)C1(C(C)C)CCNC1. The molecule has 3 heteroatoms. The summed E-state index contributed by atoms with van der Waals surface area (Å²) in [6, 6.07) is 0. The van der Waals surface area contributed by atoms with Crippen LogP contribution in [0, 0.1) is 17.3 Å². The summed E-state index contributed by atoms with van der Waals surface area (Å²) in [6.07, 6.45) is 0.901. The normalized spacial score (nSPS) is 27.4. The Labute approximate surface area is 98.9 Å². The van der Waals surface area contributed by atoms with Gasteiger partial charge in [0, 0.05) is 6.54 Å². The molecule has 3 nitrogen and oxygen atoms in total. The molecule has 0 aromatic carbocycles. The first-order valence-electron chi connectivity index (χ1n) is 6.32. The van der Waals surface area contributed by atoms with Crippen molar-refractivity contribution < 1.29 is 9.53 Å². The van der Waals surface area contributed by atoms with Gasteiger partial charge in [-0.2, -0.15) is 0 Å². The molecule has 1 saturated heterocycles. The van der Waals surface area contributed by atoms with Crippen LogP contribution in [0.15, 0.2) is 0 Å². The molecule has 2 unspecified atom stereocenters. The van der Waals surface area contributed by atoms with Crippen molar-refractivity contribution in [3.63, 3.8) is 0 Å². The number of esters is 1. The Morgan fingerprint density at radius 2 is 1.88 bits per heavy atom. The van der Waals surface area contributed by atoms with Gasteiger partial charge in [0.15, 0.2) is 0 Å². The first-order valence-corrected chi connectivity index (χ1v) is 6.32.